The van der Waals surface area contributed by atoms with E-state index in [9.17, 15) is 5.11 Å². The molecule has 2 rings (SSSR count). The Labute approximate surface area is 85.2 Å². The van der Waals surface area contributed by atoms with E-state index in [4.69, 9.17) is 0 Å². The normalized spacial score (nSPS) is 19.8. The first-order chi connectivity index (χ1) is 6.84. The summed E-state index contributed by atoms with van der Waals surface area (Å²) < 4.78 is 0. The van der Waals surface area contributed by atoms with Crippen LogP contribution in [-0.4, -0.2) is 24.1 Å². The third-order valence-electron chi connectivity index (χ3n) is 2.78. The molecule has 1 fully saturated rings. The van der Waals surface area contributed by atoms with E-state index in [1.807, 2.05) is 6.07 Å². The van der Waals surface area contributed by atoms with Crippen molar-refractivity contribution in [1.82, 2.24) is 4.90 Å². The van der Waals surface area contributed by atoms with E-state index in [1.165, 1.54) is 5.56 Å². The maximum atomic E-state index is 11.1. The Balaban J connectivity index is 1.87. The highest BCUT2D eigenvalue weighted by Gasteiger charge is 2.17. The van der Waals surface area contributed by atoms with Crippen LogP contribution in [0.15, 0.2) is 30.3 Å². The molecule has 1 aromatic carbocycles. The molecule has 0 amide bonds. The van der Waals surface area contributed by atoms with E-state index in [-0.39, 0.29) is 6.10 Å². The van der Waals surface area contributed by atoms with Crippen molar-refractivity contribution in [3.63, 3.8) is 0 Å². The van der Waals surface area contributed by atoms with Gasteiger partial charge in [0.2, 0.25) is 0 Å². The Morgan fingerprint density at radius 2 is 1.79 bits per heavy atom. The van der Waals surface area contributed by atoms with Crippen molar-refractivity contribution >= 4 is 0 Å². The van der Waals surface area contributed by atoms with E-state index in [1.54, 1.807) is 0 Å². The Hall–Kier alpha value is -0.860. The minimum atomic E-state index is -0.318. The number of nitrogens with zero attached hydrogens (tertiary/aromatic N) is 1. The molecular formula is C12H16NO. The summed E-state index contributed by atoms with van der Waals surface area (Å²) in [6, 6.07) is 10.4. The average Bonchev–Trinajstić information content (AvgIpc) is 2.23. The molecular weight excluding hydrogens is 174 g/mol. The molecule has 0 bridgehead atoms. The summed E-state index contributed by atoms with van der Waals surface area (Å²) in [5.74, 6) is 0. The molecule has 0 aromatic heterocycles. The third kappa shape index (κ3) is 2.56. The first kappa shape index (κ1) is 9.69. The summed E-state index contributed by atoms with van der Waals surface area (Å²) in [6.45, 7) is 2.92. The largest absolute Gasteiger partial charge is 0.299 e. The van der Waals surface area contributed by atoms with Gasteiger partial charge in [0.15, 0.2) is 0 Å². The fourth-order valence-corrected chi connectivity index (χ4v) is 1.91. The molecule has 1 aliphatic heterocycles. The first-order valence-electron chi connectivity index (χ1n) is 5.27. The highest BCUT2D eigenvalue weighted by molar-refractivity contribution is 5.14. The monoisotopic (exact) mass is 190 g/mol. The predicted octanol–water partition coefficient (Wildman–Crippen LogP) is 2.08. The van der Waals surface area contributed by atoms with Gasteiger partial charge in [0, 0.05) is 19.6 Å². The molecule has 1 heterocycles. The van der Waals surface area contributed by atoms with Gasteiger partial charge in [0.25, 0.3) is 0 Å². The molecule has 0 saturated carbocycles. The highest BCUT2D eigenvalue weighted by Crippen LogP contribution is 2.13. The van der Waals surface area contributed by atoms with E-state index in [0.717, 1.165) is 32.5 Å². The number of benzene rings is 1. The summed E-state index contributed by atoms with van der Waals surface area (Å²) in [4.78, 5) is 2.36. The minimum absolute atomic E-state index is 0.318. The van der Waals surface area contributed by atoms with Crippen molar-refractivity contribution < 1.29 is 5.11 Å². The average molecular weight is 190 g/mol. The molecule has 75 valence electrons. The molecule has 1 aromatic rings. The molecule has 0 spiro atoms. The summed E-state index contributed by atoms with van der Waals surface area (Å²) in [6.07, 6.45) is 1.31. The van der Waals surface area contributed by atoms with Crippen LogP contribution in [0.25, 0.3) is 0 Å². The van der Waals surface area contributed by atoms with Crippen LogP contribution < -0.4 is 0 Å². The molecule has 0 aliphatic carbocycles. The van der Waals surface area contributed by atoms with Crippen LogP contribution in [0.4, 0.5) is 0 Å². The predicted molar refractivity (Wildman–Crippen MR) is 55.4 cm³/mol. The van der Waals surface area contributed by atoms with Gasteiger partial charge in [-0.25, -0.2) is 5.11 Å². The van der Waals surface area contributed by atoms with Crippen molar-refractivity contribution in [1.29, 1.82) is 0 Å². The number of rotatable bonds is 2. The van der Waals surface area contributed by atoms with E-state index in [2.05, 4.69) is 29.2 Å². The summed E-state index contributed by atoms with van der Waals surface area (Å²) in [5, 5.41) is 11.1. The molecule has 0 unspecified atom stereocenters. The Kier molecular flexibility index (Phi) is 3.17. The molecule has 1 radical (unpaired) electrons. The number of piperidine rings is 1. The lowest BCUT2D eigenvalue weighted by molar-refractivity contribution is 0.0257. The maximum absolute atomic E-state index is 11.1. The van der Waals surface area contributed by atoms with E-state index < -0.39 is 0 Å². The van der Waals surface area contributed by atoms with Crippen LogP contribution >= 0.6 is 0 Å². The first-order valence-corrected chi connectivity index (χ1v) is 5.27. The summed E-state index contributed by atoms with van der Waals surface area (Å²) >= 11 is 0. The number of likely N-dealkylation sites (tertiary alicyclic amines) is 1. The van der Waals surface area contributed by atoms with Gasteiger partial charge >= 0.3 is 0 Å². The van der Waals surface area contributed by atoms with E-state index in [0.29, 0.717) is 0 Å². The van der Waals surface area contributed by atoms with Gasteiger partial charge in [0.1, 0.15) is 0 Å². The van der Waals surface area contributed by atoms with Crippen molar-refractivity contribution in [3.05, 3.63) is 35.9 Å². The van der Waals surface area contributed by atoms with Crippen molar-refractivity contribution in [2.45, 2.75) is 25.5 Å². The van der Waals surface area contributed by atoms with E-state index >= 15 is 0 Å². The summed E-state index contributed by atoms with van der Waals surface area (Å²) in [7, 11) is 0. The Morgan fingerprint density at radius 3 is 2.43 bits per heavy atom. The number of hydrogen-bond donors (Lipinski definition) is 0. The second kappa shape index (κ2) is 4.58. The molecule has 2 heteroatoms. The smallest absolute Gasteiger partial charge is 0.0954 e. The molecule has 1 aliphatic rings. The van der Waals surface area contributed by atoms with Gasteiger partial charge in [0.05, 0.1) is 6.10 Å². The standard InChI is InChI=1S/C12H16NO/c14-12-6-8-13(9-7-12)10-11-4-2-1-3-5-11/h1-5,12H,6-10H2. The van der Waals surface area contributed by atoms with Gasteiger partial charge in [-0.3, -0.25) is 4.90 Å². The van der Waals surface area contributed by atoms with Gasteiger partial charge in [-0.1, -0.05) is 30.3 Å². The lowest BCUT2D eigenvalue weighted by Gasteiger charge is -2.28. The third-order valence-corrected chi connectivity index (χ3v) is 2.78. The lowest BCUT2D eigenvalue weighted by atomic mass is 10.1. The fourth-order valence-electron chi connectivity index (χ4n) is 1.91. The molecule has 0 N–H and O–H groups in total. The quantitative estimate of drug-likeness (QED) is 0.700. The highest BCUT2D eigenvalue weighted by atomic mass is 16.3. The zero-order valence-corrected chi connectivity index (χ0v) is 8.36. The second-order valence-corrected chi connectivity index (χ2v) is 3.96. The van der Waals surface area contributed by atoms with Crippen molar-refractivity contribution in [2.75, 3.05) is 13.1 Å². The zero-order chi connectivity index (χ0) is 9.80. The second-order valence-electron chi connectivity index (χ2n) is 3.96. The Morgan fingerprint density at radius 1 is 1.14 bits per heavy atom. The topological polar surface area (TPSA) is 23.1 Å². The number of hydrogen-bond acceptors (Lipinski definition) is 1. The van der Waals surface area contributed by atoms with Crippen LogP contribution in [0.3, 0.4) is 0 Å². The SMILES string of the molecule is [O]C1CCN(Cc2ccccc2)CC1. The molecule has 14 heavy (non-hydrogen) atoms. The molecule has 1 saturated heterocycles. The van der Waals surface area contributed by atoms with Crippen molar-refractivity contribution in [2.24, 2.45) is 0 Å². The van der Waals surface area contributed by atoms with Crippen LogP contribution in [-0.2, 0) is 11.7 Å². The van der Waals surface area contributed by atoms with Crippen LogP contribution in [0.1, 0.15) is 18.4 Å². The summed E-state index contributed by atoms with van der Waals surface area (Å²) in [5.41, 5.74) is 1.34. The van der Waals surface area contributed by atoms with Crippen LogP contribution in [0.2, 0.25) is 0 Å². The lowest BCUT2D eigenvalue weighted by Crippen LogP contribution is -2.34. The van der Waals surface area contributed by atoms with Gasteiger partial charge in [-0.2, -0.15) is 0 Å². The van der Waals surface area contributed by atoms with Crippen molar-refractivity contribution in [3.8, 4) is 0 Å². The Bertz CT molecular complexity index is 265. The minimum Gasteiger partial charge on any atom is -0.299 e. The van der Waals surface area contributed by atoms with Crippen LogP contribution in [0, 0.1) is 0 Å². The van der Waals surface area contributed by atoms with Crippen LogP contribution in [0.5, 0.6) is 0 Å². The van der Waals surface area contributed by atoms with Gasteiger partial charge in [-0.15, -0.1) is 0 Å². The maximum Gasteiger partial charge on any atom is 0.0954 e. The van der Waals surface area contributed by atoms with Gasteiger partial charge in [-0.05, 0) is 18.4 Å². The molecule has 2 nitrogen and oxygen atoms in total. The molecule has 0 atom stereocenters. The van der Waals surface area contributed by atoms with Gasteiger partial charge < -0.3 is 0 Å². The fraction of sp³-hybridized carbons (Fsp3) is 0.500. The zero-order valence-electron chi connectivity index (χ0n) is 8.36.